The maximum atomic E-state index is 13.0. The van der Waals surface area contributed by atoms with Gasteiger partial charge in [0.05, 0.1) is 5.92 Å². The van der Waals surface area contributed by atoms with Crippen molar-refractivity contribution in [2.24, 2.45) is 5.92 Å². The number of H-pyrrole nitrogens is 1. The normalized spacial score (nSPS) is 21.4. The third-order valence-corrected chi connectivity index (χ3v) is 5.20. The lowest BCUT2D eigenvalue weighted by atomic mass is 9.95. The van der Waals surface area contributed by atoms with Crippen molar-refractivity contribution >= 4 is 11.8 Å². The number of nitrogens with zero attached hydrogens (tertiary/aromatic N) is 2. The molecule has 25 heavy (non-hydrogen) atoms. The van der Waals surface area contributed by atoms with E-state index in [0.29, 0.717) is 26.2 Å². The van der Waals surface area contributed by atoms with Crippen molar-refractivity contribution in [2.75, 3.05) is 40.3 Å². The SMILES string of the molecule is CNC(=O)[C@@H]1CN(C)CCN(C(=O)c2cc3c([nH]c2=O)CCCC3)C1. The lowest BCUT2D eigenvalue weighted by Gasteiger charge is -2.24. The van der Waals surface area contributed by atoms with Crippen LogP contribution in [0.15, 0.2) is 10.9 Å². The van der Waals surface area contributed by atoms with Gasteiger partial charge >= 0.3 is 0 Å². The molecule has 3 rings (SSSR count). The second kappa shape index (κ2) is 7.39. The van der Waals surface area contributed by atoms with Crippen LogP contribution in [-0.2, 0) is 17.6 Å². The highest BCUT2D eigenvalue weighted by Crippen LogP contribution is 2.19. The zero-order valence-electron chi connectivity index (χ0n) is 14.9. The van der Waals surface area contributed by atoms with E-state index in [0.717, 1.165) is 36.9 Å². The van der Waals surface area contributed by atoms with Gasteiger partial charge in [0.1, 0.15) is 5.56 Å². The van der Waals surface area contributed by atoms with Crippen LogP contribution in [0, 0.1) is 5.92 Å². The van der Waals surface area contributed by atoms with Crippen LogP contribution in [0.3, 0.4) is 0 Å². The minimum atomic E-state index is -0.320. The van der Waals surface area contributed by atoms with Crippen molar-refractivity contribution in [3.05, 3.63) is 33.2 Å². The Hall–Kier alpha value is -2.15. The van der Waals surface area contributed by atoms with Gasteiger partial charge in [-0.05, 0) is 44.4 Å². The van der Waals surface area contributed by atoms with Gasteiger partial charge in [0.2, 0.25) is 5.91 Å². The minimum Gasteiger partial charge on any atom is -0.359 e. The van der Waals surface area contributed by atoms with E-state index in [-0.39, 0.29) is 28.9 Å². The summed E-state index contributed by atoms with van der Waals surface area (Å²) in [5.74, 6) is -0.650. The highest BCUT2D eigenvalue weighted by atomic mass is 16.2. The predicted octanol–water partition coefficient (Wildman–Crippen LogP) is 0.00350. The molecular weight excluding hydrogens is 320 g/mol. The number of hydrogen-bond acceptors (Lipinski definition) is 4. The second-order valence-electron chi connectivity index (χ2n) is 7.05. The first kappa shape index (κ1) is 17.7. The highest BCUT2D eigenvalue weighted by Gasteiger charge is 2.30. The first-order valence-electron chi connectivity index (χ1n) is 8.94. The van der Waals surface area contributed by atoms with Gasteiger partial charge in [-0.2, -0.15) is 0 Å². The average molecular weight is 346 g/mol. The fourth-order valence-corrected chi connectivity index (χ4v) is 3.73. The van der Waals surface area contributed by atoms with Crippen molar-refractivity contribution in [3.8, 4) is 0 Å². The van der Waals surface area contributed by atoms with Gasteiger partial charge in [0.25, 0.3) is 11.5 Å². The van der Waals surface area contributed by atoms with Gasteiger partial charge in [-0.15, -0.1) is 0 Å². The molecule has 1 aromatic heterocycles. The maximum Gasteiger partial charge on any atom is 0.261 e. The van der Waals surface area contributed by atoms with Crippen molar-refractivity contribution < 1.29 is 9.59 Å². The van der Waals surface area contributed by atoms with Gasteiger partial charge in [0, 0.05) is 38.9 Å². The summed E-state index contributed by atoms with van der Waals surface area (Å²) in [7, 11) is 3.54. The van der Waals surface area contributed by atoms with Crippen LogP contribution >= 0.6 is 0 Å². The molecule has 0 aromatic carbocycles. The van der Waals surface area contributed by atoms with Crippen molar-refractivity contribution in [1.82, 2.24) is 20.1 Å². The summed E-state index contributed by atoms with van der Waals surface area (Å²) in [6.45, 7) is 2.13. The Kier molecular flexibility index (Phi) is 5.22. The summed E-state index contributed by atoms with van der Waals surface area (Å²) in [5, 5.41) is 2.66. The lowest BCUT2D eigenvalue weighted by Crippen LogP contribution is -2.42. The van der Waals surface area contributed by atoms with Gasteiger partial charge in [-0.25, -0.2) is 0 Å². The van der Waals surface area contributed by atoms with E-state index in [4.69, 9.17) is 0 Å². The van der Waals surface area contributed by atoms with Gasteiger partial charge in [-0.1, -0.05) is 0 Å². The summed E-state index contributed by atoms with van der Waals surface area (Å²) in [6, 6.07) is 1.76. The van der Waals surface area contributed by atoms with Crippen LogP contribution in [0.5, 0.6) is 0 Å². The predicted molar refractivity (Wildman–Crippen MR) is 94.7 cm³/mol. The Morgan fingerprint density at radius 1 is 1.20 bits per heavy atom. The Morgan fingerprint density at radius 2 is 1.96 bits per heavy atom. The number of rotatable bonds is 2. The van der Waals surface area contributed by atoms with Crippen LogP contribution in [-0.4, -0.2) is 66.9 Å². The topological polar surface area (TPSA) is 85.5 Å². The van der Waals surface area contributed by atoms with Crippen LogP contribution < -0.4 is 10.9 Å². The molecule has 0 spiro atoms. The molecule has 1 aliphatic heterocycles. The molecule has 2 aliphatic rings. The molecule has 2 amide bonds. The van der Waals surface area contributed by atoms with Gasteiger partial charge < -0.3 is 20.1 Å². The molecule has 1 atom stereocenters. The number of nitrogens with one attached hydrogen (secondary N) is 2. The molecule has 2 heterocycles. The average Bonchev–Trinajstić information content (AvgIpc) is 2.81. The van der Waals surface area contributed by atoms with E-state index in [1.807, 2.05) is 11.9 Å². The summed E-state index contributed by atoms with van der Waals surface area (Å²) >= 11 is 0. The monoisotopic (exact) mass is 346 g/mol. The van der Waals surface area contributed by atoms with E-state index in [9.17, 15) is 14.4 Å². The number of aromatic nitrogens is 1. The summed E-state index contributed by atoms with van der Waals surface area (Å²) < 4.78 is 0. The third-order valence-electron chi connectivity index (χ3n) is 5.20. The highest BCUT2D eigenvalue weighted by molar-refractivity contribution is 5.94. The quantitative estimate of drug-likeness (QED) is 0.790. The van der Waals surface area contributed by atoms with E-state index in [1.54, 1.807) is 18.0 Å². The van der Waals surface area contributed by atoms with E-state index < -0.39 is 0 Å². The number of carbonyl (C=O) groups excluding carboxylic acids is 2. The first-order chi connectivity index (χ1) is 12.0. The summed E-state index contributed by atoms with van der Waals surface area (Å²) in [6.07, 6.45) is 3.92. The number of hydrogen-bond donors (Lipinski definition) is 2. The smallest absolute Gasteiger partial charge is 0.261 e. The Balaban J connectivity index is 1.86. The molecule has 2 N–H and O–H groups in total. The fraction of sp³-hybridized carbons (Fsp3) is 0.611. The minimum absolute atomic E-state index is 0.0779. The molecule has 7 heteroatoms. The molecule has 0 saturated carbocycles. The Morgan fingerprint density at radius 3 is 2.72 bits per heavy atom. The molecule has 0 radical (unpaired) electrons. The zero-order valence-corrected chi connectivity index (χ0v) is 14.9. The van der Waals surface area contributed by atoms with Crippen LogP contribution in [0.25, 0.3) is 0 Å². The second-order valence-corrected chi connectivity index (χ2v) is 7.05. The number of aromatic amines is 1. The third kappa shape index (κ3) is 3.76. The van der Waals surface area contributed by atoms with Crippen molar-refractivity contribution in [3.63, 3.8) is 0 Å². The molecule has 136 valence electrons. The number of carbonyl (C=O) groups is 2. The first-order valence-corrected chi connectivity index (χ1v) is 8.94. The molecule has 1 saturated heterocycles. The number of aryl methyl sites for hydroxylation is 2. The standard InChI is InChI=1S/C18H26N4O3/c1-19-16(23)13-10-21(2)7-8-22(11-13)18(25)14-9-12-5-3-4-6-15(12)20-17(14)24/h9,13H,3-8,10-11H2,1-2H3,(H,19,23)(H,20,24)/t13-/m1/s1. The van der Waals surface area contributed by atoms with Crippen LogP contribution in [0.1, 0.15) is 34.5 Å². The molecule has 0 bridgehead atoms. The van der Waals surface area contributed by atoms with Crippen LogP contribution in [0.2, 0.25) is 0 Å². The molecule has 7 nitrogen and oxygen atoms in total. The van der Waals surface area contributed by atoms with Gasteiger partial charge in [0.15, 0.2) is 0 Å². The Bertz CT molecular complexity index is 728. The van der Waals surface area contributed by atoms with E-state index in [1.165, 1.54) is 0 Å². The lowest BCUT2D eigenvalue weighted by molar-refractivity contribution is -0.125. The number of likely N-dealkylation sites (N-methyl/N-ethyl adjacent to an activating group) is 1. The summed E-state index contributed by atoms with van der Waals surface area (Å²) in [5.41, 5.74) is 1.91. The van der Waals surface area contributed by atoms with Crippen molar-refractivity contribution in [1.29, 1.82) is 0 Å². The maximum absolute atomic E-state index is 13.0. The summed E-state index contributed by atoms with van der Waals surface area (Å²) in [4.78, 5) is 44.0. The molecular formula is C18H26N4O3. The van der Waals surface area contributed by atoms with E-state index >= 15 is 0 Å². The fourth-order valence-electron chi connectivity index (χ4n) is 3.73. The number of fused-ring (bicyclic) bond motifs is 1. The zero-order chi connectivity index (χ0) is 18.0. The molecule has 1 fully saturated rings. The molecule has 1 aliphatic carbocycles. The van der Waals surface area contributed by atoms with Gasteiger partial charge in [-0.3, -0.25) is 14.4 Å². The molecule has 1 aromatic rings. The number of pyridine rings is 1. The van der Waals surface area contributed by atoms with E-state index in [2.05, 4.69) is 10.3 Å². The van der Waals surface area contributed by atoms with Crippen LogP contribution in [0.4, 0.5) is 0 Å². The molecule has 0 unspecified atom stereocenters. The number of amides is 2. The Labute approximate surface area is 147 Å². The van der Waals surface area contributed by atoms with Crippen molar-refractivity contribution in [2.45, 2.75) is 25.7 Å². The largest absolute Gasteiger partial charge is 0.359 e.